The van der Waals surface area contributed by atoms with E-state index in [1.807, 2.05) is 18.2 Å². The maximum Gasteiger partial charge on any atom is 0.141 e. The summed E-state index contributed by atoms with van der Waals surface area (Å²) < 4.78 is 0. The molecule has 1 aliphatic heterocycles. The monoisotopic (exact) mass is 277 g/mol. The van der Waals surface area contributed by atoms with Crippen molar-refractivity contribution < 1.29 is 10.3 Å². The maximum absolute atomic E-state index is 9.06. The number of rotatable bonds is 6. The number of likely N-dealkylation sites (tertiary alicyclic amines) is 1. The van der Waals surface area contributed by atoms with Crippen LogP contribution in [0.4, 0.5) is 0 Å². The Morgan fingerprint density at radius 2 is 2.15 bits per heavy atom. The van der Waals surface area contributed by atoms with E-state index >= 15 is 0 Å². The summed E-state index contributed by atoms with van der Waals surface area (Å²) in [4.78, 5) is 2.37. The molecule has 0 radical (unpaired) electrons. The van der Waals surface area contributed by atoms with Crippen molar-refractivity contribution in [2.75, 3.05) is 19.7 Å². The molecular formula is C15H23N3O2. The Hall–Kier alpha value is -1.59. The highest BCUT2D eigenvalue weighted by molar-refractivity contribution is 5.80. The molecule has 2 unspecified atom stereocenters. The standard InChI is InChI=1S/C15H23N3O2/c16-15(17-20)10-14(13-4-2-1-3-5-13)18-8-6-12(11-18)7-9-19/h1-5,12,14,19-20H,6-11H2,(H2,16,17). The summed E-state index contributed by atoms with van der Waals surface area (Å²) in [7, 11) is 0. The molecule has 1 heterocycles. The smallest absolute Gasteiger partial charge is 0.141 e. The van der Waals surface area contributed by atoms with Crippen LogP contribution >= 0.6 is 0 Å². The van der Waals surface area contributed by atoms with Gasteiger partial charge >= 0.3 is 0 Å². The molecule has 0 spiro atoms. The molecule has 5 nitrogen and oxygen atoms in total. The van der Waals surface area contributed by atoms with Gasteiger partial charge in [-0.05, 0) is 30.9 Å². The molecule has 0 amide bonds. The normalized spacial score (nSPS) is 22.1. The zero-order valence-electron chi connectivity index (χ0n) is 11.7. The SMILES string of the molecule is N/C(CC(c1ccccc1)N1CCC(CCO)C1)=N/O. The molecule has 2 atom stereocenters. The first-order chi connectivity index (χ1) is 9.74. The largest absolute Gasteiger partial charge is 0.409 e. The van der Waals surface area contributed by atoms with Gasteiger partial charge in [-0.3, -0.25) is 4.90 Å². The van der Waals surface area contributed by atoms with Crippen LogP contribution in [0, 0.1) is 5.92 Å². The Bertz CT molecular complexity index is 436. The Kier molecular flexibility index (Phi) is 5.38. The van der Waals surface area contributed by atoms with Gasteiger partial charge in [-0.2, -0.15) is 0 Å². The zero-order chi connectivity index (χ0) is 14.4. The van der Waals surface area contributed by atoms with Crippen LogP contribution in [0.25, 0.3) is 0 Å². The minimum absolute atomic E-state index is 0.135. The second-order valence-electron chi connectivity index (χ2n) is 5.38. The average molecular weight is 277 g/mol. The van der Waals surface area contributed by atoms with Gasteiger partial charge in [0.1, 0.15) is 5.84 Å². The van der Waals surface area contributed by atoms with E-state index in [1.54, 1.807) is 0 Å². The second kappa shape index (κ2) is 7.26. The Morgan fingerprint density at radius 3 is 2.80 bits per heavy atom. The van der Waals surface area contributed by atoms with Gasteiger partial charge in [0.15, 0.2) is 0 Å². The summed E-state index contributed by atoms with van der Waals surface area (Å²) in [6, 6.07) is 10.3. The van der Waals surface area contributed by atoms with Gasteiger partial charge in [-0.15, -0.1) is 0 Å². The molecule has 0 bridgehead atoms. The summed E-state index contributed by atoms with van der Waals surface area (Å²) in [5.74, 6) is 0.794. The Labute approximate surface area is 119 Å². The predicted molar refractivity (Wildman–Crippen MR) is 78.6 cm³/mol. The fourth-order valence-electron chi connectivity index (χ4n) is 2.94. The van der Waals surface area contributed by atoms with Gasteiger partial charge in [-0.1, -0.05) is 35.5 Å². The van der Waals surface area contributed by atoms with Crippen molar-refractivity contribution in [1.82, 2.24) is 4.90 Å². The molecule has 1 saturated heterocycles. The molecule has 110 valence electrons. The van der Waals surface area contributed by atoms with Crippen LogP contribution in [-0.4, -0.2) is 40.7 Å². The van der Waals surface area contributed by atoms with Crippen LogP contribution < -0.4 is 5.73 Å². The summed E-state index contributed by atoms with van der Waals surface area (Å²) in [6.45, 7) is 2.19. The lowest BCUT2D eigenvalue weighted by atomic mass is 10.0. The van der Waals surface area contributed by atoms with Crippen LogP contribution in [-0.2, 0) is 0 Å². The molecule has 5 heteroatoms. The summed E-state index contributed by atoms with van der Waals surface area (Å²) in [5.41, 5.74) is 6.89. The number of nitrogens with zero attached hydrogens (tertiary/aromatic N) is 2. The summed E-state index contributed by atoms with van der Waals surface area (Å²) >= 11 is 0. The number of oxime groups is 1. The highest BCUT2D eigenvalue weighted by Gasteiger charge is 2.29. The van der Waals surface area contributed by atoms with Crippen molar-refractivity contribution in [2.45, 2.75) is 25.3 Å². The molecular weight excluding hydrogens is 254 g/mol. The molecule has 4 N–H and O–H groups in total. The number of hydrogen-bond donors (Lipinski definition) is 3. The van der Waals surface area contributed by atoms with Crippen LogP contribution in [0.15, 0.2) is 35.5 Å². The van der Waals surface area contributed by atoms with Gasteiger partial charge in [0, 0.05) is 25.6 Å². The lowest BCUT2D eigenvalue weighted by Gasteiger charge is -2.28. The number of amidine groups is 1. The number of benzene rings is 1. The zero-order valence-corrected chi connectivity index (χ0v) is 11.7. The minimum atomic E-state index is 0.135. The Balaban J connectivity index is 2.11. The van der Waals surface area contributed by atoms with Crippen LogP contribution in [0.3, 0.4) is 0 Å². The van der Waals surface area contributed by atoms with Crippen molar-refractivity contribution in [3.8, 4) is 0 Å². The molecule has 1 aromatic carbocycles. The Morgan fingerprint density at radius 1 is 1.40 bits per heavy atom. The molecule has 20 heavy (non-hydrogen) atoms. The summed E-state index contributed by atoms with van der Waals surface area (Å²) in [6.07, 6.45) is 2.47. The van der Waals surface area contributed by atoms with Gasteiger partial charge in [0.05, 0.1) is 0 Å². The second-order valence-corrected chi connectivity index (χ2v) is 5.38. The summed E-state index contributed by atoms with van der Waals surface area (Å²) in [5, 5.41) is 21.0. The average Bonchev–Trinajstić information content (AvgIpc) is 2.94. The fourth-order valence-corrected chi connectivity index (χ4v) is 2.94. The highest BCUT2D eigenvalue weighted by Crippen LogP contribution is 2.31. The maximum atomic E-state index is 9.06. The van der Waals surface area contributed by atoms with Crippen LogP contribution in [0.5, 0.6) is 0 Å². The molecule has 1 aliphatic rings. The number of nitrogens with two attached hydrogens (primary N) is 1. The number of aliphatic hydroxyl groups is 1. The number of hydrogen-bond acceptors (Lipinski definition) is 4. The lowest BCUT2D eigenvalue weighted by Crippen LogP contribution is -2.30. The molecule has 1 aromatic rings. The van der Waals surface area contributed by atoms with E-state index in [1.165, 1.54) is 5.56 Å². The third-order valence-corrected chi connectivity index (χ3v) is 4.01. The van der Waals surface area contributed by atoms with Crippen molar-refractivity contribution in [3.63, 3.8) is 0 Å². The first-order valence-electron chi connectivity index (χ1n) is 7.11. The van der Waals surface area contributed by atoms with Crippen LogP contribution in [0.1, 0.15) is 30.9 Å². The first kappa shape index (κ1) is 14.8. The van der Waals surface area contributed by atoms with E-state index in [9.17, 15) is 0 Å². The molecule has 1 fully saturated rings. The van der Waals surface area contributed by atoms with E-state index < -0.39 is 0 Å². The third kappa shape index (κ3) is 3.71. The third-order valence-electron chi connectivity index (χ3n) is 4.01. The molecule has 0 aromatic heterocycles. The topological polar surface area (TPSA) is 82.1 Å². The quantitative estimate of drug-likeness (QED) is 0.319. The van der Waals surface area contributed by atoms with E-state index in [0.717, 1.165) is 25.9 Å². The van der Waals surface area contributed by atoms with E-state index in [0.29, 0.717) is 12.3 Å². The van der Waals surface area contributed by atoms with E-state index in [2.05, 4.69) is 22.2 Å². The lowest BCUT2D eigenvalue weighted by molar-refractivity contribution is 0.221. The van der Waals surface area contributed by atoms with Crippen molar-refractivity contribution in [1.29, 1.82) is 0 Å². The van der Waals surface area contributed by atoms with Crippen molar-refractivity contribution >= 4 is 5.84 Å². The molecule has 0 aliphatic carbocycles. The molecule has 0 saturated carbocycles. The van der Waals surface area contributed by atoms with E-state index in [4.69, 9.17) is 16.0 Å². The van der Waals surface area contributed by atoms with Gasteiger partial charge in [-0.25, -0.2) is 0 Å². The van der Waals surface area contributed by atoms with Gasteiger partial charge < -0.3 is 16.0 Å². The first-order valence-corrected chi connectivity index (χ1v) is 7.11. The van der Waals surface area contributed by atoms with Crippen molar-refractivity contribution in [2.24, 2.45) is 16.8 Å². The van der Waals surface area contributed by atoms with Gasteiger partial charge in [0.2, 0.25) is 0 Å². The molecule has 2 rings (SSSR count). The minimum Gasteiger partial charge on any atom is -0.409 e. The fraction of sp³-hybridized carbons (Fsp3) is 0.533. The number of aliphatic hydroxyl groups excluding tert-OH is 1. The van der Waals surface area contributed by atoms with E-state index in [-0.39, 0.29) is 18.5 Å². The van der Waals surface area contributed by atoms with Crippen LogP contribution in [0.2, 0.25) is 0 Å². The van der Waals surface area contributed by atoms with Gasteiger partial charge in [0.25, 0.3) is 0 Å². The van der Waals surface area contributed by atoms with Crippen molar-refractivity contribution in [3.05, 3.63) is 35.9 Å². The highest BCUT2D eigenvalue weighted by atomic mass is 16.4. The predicted octanol–water partition coefficient (Wildman–Crippen LogP) is 1.57.